The number of nitrogens with one attached hydrogen (secondary N) is 1. The second-order valence-corrected chi connectivity index (χ2v) is 7.59. The van der Waals surface area contributed by atoms with Crippen molar-refractivity contribution in [1.29, 1.82) is 0 Å². The normalized spacial score (nSPS) is 12.9. The van der Waals surface area contributed by atoms with Gasteiger partial charge >= 0.3 is 0 Å². The molecular formula is C22H43N2+. The van der Waals surface area contributed by atoms with Gasteiger partial charge in [0.05, 0.1) is 12.0 Å². The van der Waals surface area contributed by atoms with E-state index in [1.165, 1.54) is 89.3 Å². The summed E-state index contributed by atoms with van der Waals surface area (Å²) in [4.78, 5) is 3.49. The summed E-state index contributed by atoms with van der Waals surface area (Å²) in [5.74, 6) is 2.11. The average Bonchev–Trinajstić information content (AvgIpc) is 3.07. The number of rotatable bonds is 15. The molecule has 1 atom stereocenters. The molecule has 1 rings (SSSR count). The van der Waals surface area contributed by atoms with E-state index < -0.39 is 0 Å². The van der Waals surface area contributed by atoms with Crippen LogP contribution in [0.15, 0.2) is 12.4 Å². The lowest BCUT2D eigenvalue weighted by atomic mass is 10.0. The van der Waals surface area contributed by atoms with Gasteiger partial charge in [-0.25, -0.2) is 9.55 Å². The molecule has 0 aliphatic heterocycles. The summed E-state index contributed by atoms with van der Waals surface area (Å²) in [6.07, 6.45) is 22.3. The fourth-order valence-electron chi connectivity index (χ4n) is 3.81. The first kappa shape index (κ1) is 21.3. The molecule has 0 saturated heterocycles. The number of aromatic nitrogens is 2. The summed E-state index contributed by atoms with van der Waals surface area (Å²) in [6, 6.07) is 0.626. The van der Waals surface area contributed by atoms with Crippen LogP contribution in [0.4, 0.5) is 0 Å². The maximum absolute atomic E-state index is 3.49. The van der Waals surface area contributed by atoms with Crippen LogP contribution in [0.1, 0.15) is 129 Å². The van der Waals surface area contributed by atoms with Gasteiger partial charge in [0.15, 0.2) is 0 Å². The molecule has 1 aromatic heterocycles. The van der Waals surface area contributed by atoms with Crippen LogP contribution in [-0.2, 0) is 0 Å². The summed E-state index contributed by atoms with van der Waals surface area (Å²) in [5.41, 5.74) is 0. The molecule has 0 radical (unpaired) electrons. The Bertz CT molecular complexity index is 392. The zero-order chi connectivity index (χ0) is 17.6. The van der Waals surface area contributed by atoms with Gasteiger partial charge in [0.25, 0.3) is 5.82 Å². The molecular weight excluding hydrogens is 292 g/mol. The van der Waals surface area contributed by atoms with Gasteiger partial charge in [-0.15, -0.1) is 0 Å². The molecule has 0 aliphatic rings. The zero-order valence-electron chi connectivity index (χ0n) is 16.9. The summed E-state index contributed by atoms with van der Waals surface area (Å²) < 4.78 is 2.49. The van der Waals surface area contributed by atoms with Crippen LogP contribution in [0.2, 0.25) is 0 Å². The molecule has 0 amide bonds. The Hall–Kier alpha value is -0.790. The maximum Gasteiger partial charge on any atom is 0.257 e. The Morgan fingerprint density at radius 1 is 0.833 bits per heavy atom. The quantitative estimate of drug-likeness (QED) is 0.261. The van der Waals surface area contributed by atoms with E-state index in [0.29, 0.717) is 12.0 Å². The van der Waals surface area contributed by atoms with Crippen LogP contribution in [-0.4, -0.2) is 4.98 Å². The molecule has 0 spiro atoms. The van der Waals surface area contributed by atoms with Crippen molar-refractivity contribution in [3.63, 3.8) is 0 Å². The van der Waals surface area contributed by atoms with Gasteiger partial charge in [0, 0.05) is 0 Å². The van der Waals surface area contributed by atoms with E-state index in [0.717, 1.165) is 0 Å². The Labute approximate surface area is 151 Å². The van der Waals surface area contributed by atoms with E-state index >= 15 is 0 Å². The first-order chi connectivity index (χ1) is 11.7. The first-order valence-corrected chi connectivity index (χ1v) is 10.8. The van der Waals surface area contributed by atoms with Crippen molar-refractivity contribution in [2.75, 3.05) is 0 Å². The molecule has 1 aromatic rings. The third kappa shape index (κ3) is 7.85. The van der Waals surface area contributed by atoms with Gasteiger partial charge in [-0.2, -0.15) is 0 Å². The van der Waals surface area contributed by atoms with Crippen molar-refractivity contribution in [2.45, 2.75) is 123 Å². The minimum atomic E-state index is 0.626. The Morgan fingerprint density at radius 2 is 1.38 bits per heavy atom. The van der Waals surface area contributed by atoms with Crippen LogP contribution in [0, 0.1) is 0 Å². The highest BCUT2D eigenvalue weighted by Gasteiger charge is 2.22. The minimum absolute atomic E-state index is 0.626. The van der Waals surface area contributed by atoms with E-state index in [4.69, 9.17) is 0 Å². The van der Waals surface area contributed by atoms with Crippen molar-refractivity contribution >= 4 is 0 Å². The highest BCUT2D eigenvalue weighted by Crippen LogP contribution is 2.20. The van der Waals surface area contributed by atoms with E-state index in [1.54, 1.807) is 0 Å². The number of imidazole rings is 1. The molecule has 2 heteroatoms. The second kappa shape index (κ2) is 13.5. The minimum Gasteiger partial charge on any atom is -0.247 e. The SMILES string of the molecule is CCCCCCCCCCCCC(C)[n+]1cc[nH]c1C(CC)CC. The van der Waals surface area contributed by atoms with Crippen molar-refractivity contribution in [3.05, 3.63) is 18.2 Å². The lowest BCUT2D eigenvalue weighted by Gasteiger charge is -2.14. The Balaban J connectivity index is 2.14. The van der Waals surface area contributed by atoms with E-state index in [1.807, 2.05) is 0 Å². The molecule has 24 heavy (non-hydrogen) atoms. The van der Waals surface area contributed by atoms with Crippen LogP contribution in [0.5, 0.6) is 0 Å². The predicted molar refractivity (Wildman–Crippen MR) is 105 cm³/mol. The third-order valence-electron chi connectivity index (χ3n) is 5.57. The van der Waals surface area contributed by atoms with Gasteiger partial charge in [0.2, 0.25) is 0 Å². The monoisotopic (exact) mass is 335 g/mol. The standard InChI is InChI=1S/C22H42N2/c1-5-8-9-10-11-12-13-14-15-16-17-20(4)24-19-18-23-22(24)21(6-2)7-3/h18-21H,5-17H2,1-4H3/p+1. The summed E-state index contributed by atoms with van der Waals surface area (Å²) >= 11 is 0. The summed E-state index contributed by atoms with van der Waals surface area (Å²) in [6.45, 7) is 9.27. The molecule has 0 fully saturated rings. The van der Waals surface area contributed by atoms with Gasteiger partial charge < -0.3 is 0 Å². The van der Waals surface area contributed by atoms with Crippen molar-refractivity contribution in [1.82, 2.24) is 4.98 Å². The Morgan fingerprint density at radius 3 is 1.92 bits per heavy atom. The molecule has 1 heterocycles. The molecule has 0 bridgehead atoms. The smallest absolute Gasteiger partial charge is 0.247 e. The predicted octanol–water partition coefficient (Wildman–Crippen LogP) is 7.08. The third-order valence-corrected chi connectivity index (χ3v) is 5.57. The summed E-state index contributed by atoms with van der Waals surface area (Å²) in [5, 5.41) is 0. The van der Waals surface area contributed by atoms with Crippen LogP contribution in [0.25, 0.3) is 0 Å². The Kier molecular flexibility index (Phi) is 12.0. The van der Waals surface area contributed by atoms with E-state index in [2.05, 4.69) is 49.6 Å². The zero-order valence-corrected chi connectivity index (χ0v) is 16.9. The average molecular weight is 336 g/mol. The van der Waals surface area contributed by atoms with Crippen LogP contribution >= 0.6 is 0 Å². The second-order valence-electron chi connectivity index (χ2n) is 7.59. The van der Waals surface area contributed by atoms with Gasteiger partial charge in [-0.1, -0.05) is 78.6 Å². The molecule has 0 saturated carbocycles. The van der Waals surface area contributed by atoms with Crippen molar-refractivity contribution in [2.24, 2.45) is 0 Å². The van der Waals surface area contributed by atoms with Crippen LogP contribution < -0.4 is 4.57 Å². The van der Waals surface area contributed by atoms with E-state index in [-0.39, 0.29) is 0 Å². The molecule has 1 unspecified atom stereocenters. The topological polar surface area (TPSA) is 19.7 Å². The highest BCUT2D eigenvalue weighted by molar-refractivity contribution is 4.88. The molecule has 2 nitrogen and oxygen atoms in total. The number of nitrogens with zero attached hydrogens (tertiary/aromatic N) is 1. The lowest BCUT2D eigenvalue weighted by Crippen LogP contribution is -2.41. The summed E-state index contributed by atoms with van der Waals surface area (Å²) in [7, 11) is 0. The van der Waals surface area contributed by atoms with E-state index in [9.17, 15) is 0 Å². The maximum atomic E-state index is 3.49. The number of aromatic amines is 1. The fraction of sp³-hybridized carbons (Fsp3) is 0.864. The fourth-order valence-corrected chi connectivity index (χ4v) is 3.81. The van der Waals surface area contributed by atoms with Crippen molar-refractivity contribution in [3.8, 4) is 0 Å². The molecule has 140 valence electrons. The van der Waals surface area contributed by atoms with Gasteiger partial charge in [0.1, 0.15) is 12.4 Å². The number of unbranched alkanes of at least 4 members (excludes halogenated alkanes) is 9. The van der Waals surface area contributed by atoms with Gasteiger partial charge in [-0.05, 0) is 32.6 Å². The van der Waals surface area contributed by atoms with Gasteiger partial charge in [-0.3, -0.25) is 0 Å². The largest absolute Gasteiger partial charge is 0.257 e. The van der Waals surface area contributed by atoms with Crippen LogP contribution in [0.3, 0.4) is 0 Å². The number of hydrogen-bond donors (Lipinski definition) is 1. The number of H-pyrrole nitrogens is 1. The molecule has 1 N–H and O–H groups in total. The molecule has 0 aromatic carbocycles. The van der Waals surface area contributed by atoms with Crippen molar-refractivity contribution < 1.29 is 4.57 Å². The molecule has 0 aliphatic carbocycles. The first-order valence-electron chi connectivity index (χ1n) is 10.8. The number of hydrogen-bond acceptors (Lipinski definition) is 0. The lowest BCUT2D eigenvalue weighted by molar-refractivity contribution is -0.727. The highest BCUT2D eigenvalue weighted by atomic mass is 15.1.